The van der Waals surface area contributed by atoms with Crippen molar-refractivity contribution in [3.8, 4) is 5.75 Å². The lowest BCUT2D eigenvalue weighted by Crippen LogP contribution is -2.02. The Balaban J connectivity index is 2.18. The van der Waals surface area contributed by atoms with Gasteiger partial charge in [0.25, 0.3) is 0 Å². The van der Waals surface area contributed by atoms with Gasteiger partial charge in [-0.2, -0.15) is 0 Å². The van der Waals surface area contributed by atoms with E-state index in [4.69, 9.17) is 16.3 Å². The predicted molar refractivity (Wildman–Crippen MR) is 81.8 cm³/mol. The van der Waals surface area contributed by atoms with Crippen LogP contribution in [-0.2, 0) is 0 Å². The number of hydrogen-bond acceptors (Lipinski definition) is 2. The summed E-state index contributed by atoms with van der Waals surface area (Å²) in [6.45, 7) is 4.63. The van der Waals surface area contributed by atoms with E-state index >= 15 is 0 Å². The second-order valence-corrected chi connectivity index (χ2v) is 5.07. The van der Waals surface area contributed by atoms with Crippen molar-refractivity contribution in [2.45, 2.75) is 20.3 Å². The largest absolute Gasteiger partial charge is 0.494 e. The first-order chi connectivity index (χ1) is 9.61. The Hall–Kier alpha value is -1.80. The summed E-state index contributed by atoms with van der Waals surface area (Å²) in [5.74, 6) is 0.780. The molecule has 0 unspecified atom stereocenters. The summed E-state index contributed by atoms with van der Waals surface area (Å²) in [6.07, 6.45) is 0.963. The van der Waals surface area contributed by atoms with Gasteiger partial charge in [-0.3, -0.25) is 4.79 Å². The molecule has 0 saturated heterocycles. The van der Waals surface area contributed by atoms with Crippen molar-refractivity contribution in [2.75, 3.05) is 6.61 Å². The van der Waals surface area contributed by atoms with Crippen LogP contribution in [-0.4, -0.2) is 12.4 Å². The van der Waals surface area contributed by atoms with E-state index in [0.29, 0.717) is 22.8 Å². The van der Waals surface area contributed by atoms with Crippen LogP contribution in [0.5, 0.6) is 5.75 Å². The maximum Gasteiger partial charge on any atom is 0.193 e. The third-order valence-corrected chi connectivity index (χ3v) is 3.43. The van der Waals surface area contributed by atoms with E-state index < -0.39 is 0 Å². The van der Waals surface area contributed by atoms with E-state index in [1.165, 1.54) is 0 Å². The first kappa shape index (κ1) is 14.6. The molecule has 2 aromatic carbocycles. The molecule has 0 radical (unpaired) electrons. The first-order valence-electron chi connectivity index (χ1n) is 6.65. The molecule has 0 spiro atoms. The third-order valence-electron chi connectivity index (χ3n) is 3.01. The summed E-state index contributed by atoms with van der Waals surface area (Å²) < 4.78 is 5.50. The zero-order valence-electron chi connectivity index (χ0n) is 11.7. The Morgan fingerprint density at radius 1 is 1.10 bits per heavy atom. The number of ether oxygens (including phenoxy) is 1. The lowest BCUT2D eigenvalue weighted by atomic mass is 10.0. The maximum absolute atomic E-state index is 12.4. The Bertz CT molecular complexity index is 603. The van der Waals surface area contributed by atoms with Gasteiger partial charge in [0.1, 0.15) is 5.75 Å². The van der Waals surface area contributed by atoms with E-state index in [2.05, 4.69) is 6.92 Å². The number of carbonyl (C=O) groups is 1. The highest BCUT2D eigenvalue weighted by Crippen LogP contribution is 2.20. The average Bonchev–Trinajstić information content (AvgIpc) is 2.48. The highest BCUT2D eigenvalue weighted by atomic mass is 35.5. The molecule has 0 aliphatic heterocycles. The second-order valence-electron chi connectivity index (χ2n) is 4.67. The van der Waals surface area contributed by atoms with Crippen LogP contribution in [0.15, 0.2) is 42.5 Å². The fraction of sp³-hybridized carbons (Fsp3) is 0.235. The highest BCUT2D eigenvalue weighted by Gasteiger charge is 2.10. The number of rotatable bonds is 5. The van der Waals surface area contributed by atoms with Crippen molar-refractivity contribution in [3.05, 3.63) is 64.2 Å². The van der Waals surface area contributed by atoms with Gasteiger partial charge in [0, 0.05) is 16.1 Å². The van der Waals surface area contributed by atoms with Gasteiger partial charge in [-0.05, 0) is 61.4 Å². The molecular weight excluding hydrogens is 272 g/mol. The molecule has 0 aliphatic rings. The average molecular weight is 289 g/mol. The molecule has 0 N–H and O–H groups in total. The van der Waals surface area contributed by atoms with Crippen LogP contribution in [0.4, 0.5) is 0 Å². The number of halogens is 1. The molecule has 0 bridgehead atoms. The summed E-state index contributed by atoms with van der Waals surface area (Å²) >= 11 is 5.97. The minimum atomic E-state index is -0.00759. The SMILES string of the molecule is CCCOc1ccc(C(=O)c2ccc(Cl)c(C)c2)cc1. The maximum atomic E-state index is 12.4. The van der Waals surface area contributed by atoms with Crippen LogP contribution in [0.1, 0.15) is 34.8 Å². The van der Waals surface area contributed by atoms with E-state index in [-0.39, 0.29) is 5.78 Å². The third kappa shape index (κ3) is 3.40. The van der Waals surface area contributed by atoms with Crippen molar-refractivity contribution in [3.63, 3.8) is 0 Å². The molecule has 0 saturated carbocycles. The van der Waals surface area contributed by atoms with Gasteiger partial charge >= 0.3 is 0 Å². The molecule has 104 valence electrons. The highest BCUT2D eigenvalue weighted by molar-refractivity contribution is 6.31. The van der Waals surface area contributed by atoms with Gasteiger partial charge in [0.05, 0.1) is 6.61 Å². The van der Waals surface area contributed by atoms with E-state index in [9.17, 15) is 4.79 Å². The van der Waals surface area contributed by atoms with Crippen LogP contribution in [0.2, 0.25) is 5.02 Å². The fourth-order valence-electron chi connectivity index (χ4n) is 1.88. The normalized spacial score (nSPS) is 10.3. The zero-order valence-corrected chi connectivity index (χ0v) is 12.4. The van der Waals surface area contributed by atoms with E-state index in [0.717, 1.165) is 17.7 Å². The zero-order chi connectivity index (χ0) is 14.5. The van der Waals surface area contributed by atoms with Crippen molar-refractivity contribution >= 4 is 17.4 Å². The molecule has 2 aromatic rings. The van der Waals surface area contributed by atoms with E-state index in [1.807, 2.05) is 25.1 Å². The molecular formula is C17H17ClO2. The number of ketones is 1. The van der Waals surface area contributed by atoms with E-state index in [1.54, 1.807) is 24.3 Å². The van der Waals surface area contributed by atoms with Gasteiger partial charge in [-0.15, -0.1) is 0 Å². The Labute approximate surface area is 124 Å². The van der Waals surface area contributed by atoms with Crippen molar-refractivity contribution < 1.29 is 9.53 Å². The van der Waals surface area contributed by atoms with Gasteiger partial charge < -0.3 is 4.74 Å². The smallest absolute Gasteiger partial charge is 0.193 e. The topological polar surface area (TPSA) is 26.3 Å². The molecule has 0 amide bonds. The lowest BCUT2D eigenvalue weighted by Gasteiger charge is -2.06. The fourth-order valence-corrected chi connectivity index (χ4v) is 1.99. The molecule has 20 heavy (non-hydrogen) atoms. The first-order valence-corrected chi connectivity index (χ1v) is 7.03. The Kier molecular flexibility index (Phi) is 4.80. The summed E-state index contributed by atoms with van der Waals surface area (Å²) in [5, 5.41) is 0.671. The van der Waals surface area contributed by atoms with Crippen molar-refractivity contribution in [1.29, 1.82) is 0 Å². The van der Waals surface area contributed by atoms with Crippen LogP contribution < -0.4 is 4.74 Å². The molecule has 0 fully saturated rings. The van der Waals surface area contributed by atoms with Crippen LogP contribution in [0.3, 0.4) is 0 Å². The summed E-state index contributed by atoms with van der Waals surface area (Å²) in [6, 6.07) is 12.5. The molecule has 0 aromatic heterocycles. The molecule has 0 atom stereocenters. The van der Waals surface area contributed by atoms with Gasteiger partial charge in [0.2, 0.25) is 0 Å². The van der Waals surface area contributed by atoms with Crippen molar-refractivity contribution in [2.24, 2.45) is 0 Å². The Morgan fingerprint density at radius 2 is 1.75 bits per heavy atom. The minimum absolute atomic E-state index is 0.00759. The van der Waals surface area contributed by atoms with Crippen LogP contribution in [0.25, 0.3) is 0 Å². The minimum Gasteiger partial charge on any atom is -0.494 e. The number of hydrogen-bond donors (Lipinski definition) is 0. The number of aryl methyl sites for hydroxylation is 1. The number of carbonyl (C=O) groups excluding carboxylic acids is 1. The van der Waals surface area contributed by atoms with Crippen LogP contribution in [0, 0.1) is 6.92 Å². The summed E-state index contributed by atoms with van der Waals surface area (Å²) in [5.41, 5.74) is 2.20. The lowest BCUT2D eigenvalue weighted by molar-refractivity contribution is 0.103. The Morgan fingerprint density at radius 3 is 2.35 bits per heavy atom. The van der Waals surface area contributed by atoms with Crippen LogP contribution >= 0.6 is 11.6 Å². The molecule has 2 nitrogen and oxygen atoms in total. The number of benzene rings is 2. The van der Waals surface area contributed by atoms with Gasteiger partial charge in [-0.25, -0.2) is 0 Å². The van der Waals surface area contributed by atoms with Gasteiger partial charge in [-0.1, -0.05) is 18.5 Å². The standard InChI is InChI=1S/C17H17ClO2/c1-3-10-20-15-7-4-13(5-8-15)17(19)14-6-9-16(18)12(2)11-14/h4-9,11H,3,10H2,1-2H3. The summed E-state index contributed by atoms with van der Waals surface area (Å²) in [4.78, 5) is 12.4. The molecule has 2 rings (SSSR count). The second kappa shape index (κ2) is 6.58. The molecule has 0 heterocycles. The predicted octanol–water partition coefficient (Wildman–Crippen LogP) is 4.67. The molecule has 0 aliphatic carbocycles. The monoisotopic (exact) mass is 288 g/mol. The quantitative estimate of drug-likeness (QED) is 0.748. The molecule has 3 heteroatoms. The van der Waals surface area contributed by atoms with Gasteiger partial charge in [0.15, 0.2) is 5.78 Å². The van der Waals surface area contributed by atoms with Crippen molar-refractivity contribution in [1.82, 2.24) is 0 Å². The summed E-state index contributed by atoms with van der Waals surface area (Å²) in [7, 11) is 0.